The molecule has 1 spiro atoms. The first-order valence-corrected chi connectivity index (χ1v) is 12.5. The van der Waals surface area contributed by atoms with Gasteiger partial charge < -0.3 is 24.4 Å². The number of aliphatic hydroxyl groups is 1. The topological polar surface area (TPSA) is 96.4 Å². The van der Waals surface area contributed by atoms with Gasteiger partial charge in [0.05, 0.1) is 11.5 Å². The number of rotatable bonds is 10. The molecule has 0 saturated carbocycles. The molecule has 3 aliphatic rings. The van der Waals surface area contributed by atoms with E-state index in [9.17, 15) is 19.5 Å². The van der Waals surface area contributed by atoms with E-state index in [4.69, 9.17) is 9.47 Å². The predicted molar refractivity (Wildman–Crippen MR) is 135 cm³/mol. The maximum absolute atomic E-state index is 14.4. The fourth-order valence-corrected chi connectivity index (χ4v) is 6.57. The Hall–Kier alpha value is -2.97. The second kappa shape index (κ2) is 9.82. The van der Waals surface area contributed by atoms with Crippen molar-refractivity contribution in [3.63, 3.8) is 0 Å². The van der Waals surface area contributed by atoms with Crippen LogP contribution in [0.3, 0.4) is 0 Å². The third-order valence-electron chi connectivity index (χ3n) is 7.95. The minimum atomic E-state index is -1.15. The Morgan fingerprint density at radius 2 is 1.94 bits per heavy atom. The summed E-state index contributed by atoms with van der Waals surface area (Å²) in [5.74, 6) is -2.73. The number of para-hydroxylation sites is 1. The summed E-state index contributed by atoms with van der Waals surface area (Å²) in [6.45, 7) is 13.5. The molecule has 3 saturated heterocycles. The van der Waals surface area contributed by atoms with Crippen LogP contribution in [0.2, 0.25) is 0 Å². The predicted octanol–water partition coefficient (Wildman–Crippen LogP) is 2.70. The van der Waals surface area contributed by atoms with E-state index in [0.29, 0.717) is 19.3 Å². The van der Waals surface area contributed by atoms with E-state index in [-0.39, 0.29) is 38.1 Å². The van der Waals surface area contributed by atoms with Crippen molar-refractivity contribution in [3.8, 4) is 0 Å². The normalized spacial score (nSPS) is 30.3. The van der Waals surface area contributed by atoms with Crippen LogP contribution in [0.5, 0.6) is 0 Å². The molecule has 3 fully saturated rings. The van der Waals surface area contributed by atoms with Crippen LogP contribution < -0.4 is 4.90 Å². The van der Waals surface area contributed by atoms with Crippen molar-refractivity contribution in [3.05, 3.63) is 54.6 Å². The van der Waals surface area contributed by atoms with Gasteiger partial charge in [0.15, 0.2) is 0 Å². The highest BCUT2D eigenvalue weighted by Crippen LogP contribution is 2.63. The Labute approximate surface area is 212 Å². The Morgan fingerprint density at radius 3 is 2.56 bits per heavy atom. The Kier molecular flexibility index (Phi) is 7.12. The fraction of sp³-hybridized carbons (Fsp3) is 0.536. The van der Waals surface area contributed by atoms with Gasteiger partial charge in [-0.25, -0.2) is 0 Å². The van der Waals surface area contributed by atoms with E-state index in [0.717, 1.165) is 16.8 Å². The zero-order valence-electron chi connectivity index (χ0n) is 21.4. The minimum Gasteiger partial charge on any atom is -0.461 e. The highest BCUT2D eigenvalue weighted by atomic mass is 16.6. The van der Waals surface area contributed by atoms with Crippen molar-refractivity contribution in [1.82, 2.24) is 4.90 Å². The van der Waals surface area contributed by atoms with Crippen molar-refractivity contribution in [2.45, 2.75) is 57.3 Å². The largest absolute Gasteiger partial charge is 0.461 e. The fourth-order valence-electron chi connectivity index (χ4n) is 6.57. The monoisotopic (exact) mass is 496 g/mol. The van der Waals surface area contributed by atoms with Gasteiger partial charge in [0.25, 0.3) is 5.91 Å². The number of ether oxygens (including phenoxy) is 2. The molecule has 194 valence electrons. The lowest BCUT2D eigenvalue weighted by atomic mass is 9.66. The molecule has 4 rings (SSSR count). The van der Waals surface area contributed by atoms with Crippen LogP contribution in [0.4, 0.5) is 5.69 Å². The number of esters is 1. The Balaban J connectivity index is 1.81. The van der Waals surface area contributed by atoms with E-state index in [1.807, 2.05) is 39.0 Å². The van der Waals surface area contributed by atoms with E-state index < -0.39 is 35.0 Å². The van der Waals surface area contributed by atoms with Crippen molar-refractivity contribution in [2.24, 2.45) is 11.8 Å². The van der Waals surface area contributed by atoms with E-state index in [2.05, 4.69) is 13.2 Å². The number of aliphatic hydroxyl groups excluding tert-OH is 1. The molecule has 8 heteroatoms. The number of amides is 2. The van der Waals surface area contributed by atoms with Crippen LogP contribution in [0.15, 0.2) is 43.5 Å². The first kappa shape index (κ1) is 26.1. The molecule has 0 aromatic heterocycles. The average molecular weight is 497 g/mol. The number of nitrogens with zero attached hydrogens (tertiary/aromatic N) is 2. The summed E-state index contributed by atoms with van der Waals surface area (Å²) in [4.78, 5) is 44.7. The number of carbonyl (C=O) groups excluding carboxylic acids is 3. The number of likely N-dealkylation sites (tertiary alicyclic amines) is 1. The van der Waals surface area contributed by atoms with Gasteiger partial charge in [0.2, 0.25) is 5.91 Å². The number of benzene rings is 1. The van der Waals surface area contributed by atoms with Gasteiger partial charge >= 0.3 is 5.97 Å². The van der Waals surface area contributed by atoms with Gasteiger partial charge in [-0.15, -0.1) is 6.58 Å². The zero-order chi connectivity index (χ0) is 26.3. The SMILES string of the molecule is C=CCOC(=O)[C@H]1[C@H]2C(=O)N(CCCO)C(C(=O)N(CC=C)c3c(C)cccc3C)C23CC[C@]1(C)O3. The summed E-state index contributed by atoms with van der Waals surface area (Å²) in [6.07, 6.45) is 4.47. The molecule has 0 aliphatic carbocycles. The van der Waals surface area contributed by atoms with Gasteiger partial charge in [-0.1, -0.05) is 36.9 Å². The van der Waals surface area contributed by atoms with Gasteiger partial charge in [-0.2, -0.15) is 0 Å². The molecule has 2 unspecified atom stereocenters. The second-order valence-corrected chi connectivity index (χ2v) is 10.2. The van der Waals surface area contributed by atoms with Crippen molar-refractivity contribution >= 4 is 23.5 Å². The second-order valence-electron chi connectivity index (χ2n) is 10.2. The number of carbonyl (C=O) groups is 3. The number of aryl methyl sites for hydroxylation is 2. The standard InChI is InChI=1S/C28H36N2O6/c1-6-14-29(22-18(3)10-8-11-19(22)4)25(33)23-28-13-12-27(5,36-28)21(26(34)35-17-7-2)20(28)24(32)30(23)15-9-16-31/h6-8,10-11,20-21,23,31H,1-2,9,12-17H2,3-5H3/t20-,21+,23?,27-,28?/m0/s1. The van der Waals surface area contributed by atoms with Crippen LogP contribution in [-0.4, -0.2) is 71.3 Å². The molecule has 3 heterocycles. The van der Waals surface area contributed by atoms with Crippen molar-refractivity contribution < 1.29 is 29.0 Å². The molecule has 36 heavy (non-hydrogen) atoms. The first-order chi connectivity index (χ1) is 17.2. The highest BCUT2D eigenvalue weighted by molar-refractivity contribution is 6.05. The number of hydrogen-bond acceptors (Lipinski definition) is 6. The van der Waals surface area contributed by atoms with Crippen molar-refractivity contribution in [2.75, 3.05) is 31.2 Å². The summed E-state index contributed by atoms with van der Waals surface area (Å²) in [5.41, 5.74) is 0.589. The highest BCUT2D eigenvalue weighted by Gasteiger charge is 2.78. The van der Waals surface area contributed by atoms with Crippen LogP contribution >= 0.6 is 0 Å². The third-order valence-corrected chi connectivity index (χ3v) is 7.95. The summed E-state index contributed by atoms with van der Waals surface area (Å²) in [6, 6.07) is 4.90. The molecule has 1 aromatic rings. The summed E-state index contributed by atoms with van der Waals surface area (Å²) >= 11 is 0. The van der Waals surface area contributed by atoms with E-state index >= 15 is 0 Å². The lowest BCUT2D eigenvalue weighted by molar-refractivity contribution is -0.158. The molecular formula is C28H36N2O6. The lowest BCUT2D eigenvalue weighted by Crippen LogP contribution is -2.56. The first-order valence-electron chi connectivity index (χ1n) is 12.5. The minimum absolute atomic E-state index is 0.0373. The molecule has 5 atom stereocenters. The number of hydrogen-bond donors (Lipinski definition) is 1. The Bertz CT molecular complexity index is 1070. The van der Waals surface area contributed by atoms with E-state index in [1.165, 1.54) is 11.0 Å². The van der Waals surface area contributed by atoms with Crippen LogP contribution in [0, 0.1) is 25.7 Å². The van der Waals surface area contributed by atoms with Gasteiger partial charge in [0, 0.05) is 25.4 Å². The van der Waals surface area contributed by atoms with Crippen LogP contribution in [0.1, 0.15) is 37.3 Å². The molecule has 1 aromatic carbocycles. The number of fused-ring (bicyclic) bond motifs is 1. The lowest BCUT2D eigenvalue weighted by Gasteiger charge is -2.37. The number of anilines is 1. The maximum Gasteiger partial charge on any atom is 0.313 e. The molecule has 2 amide bonds. The Morgan fingerprint density at radius 1 is 1.25 bits per heavy atom. The molecular weight excluding hydrogens is 460 g/mol. The van der Waals surface area contributed by atoms with Gasteiger partial charge in [-0.05, 0) is 51.2 Å². The smallest absolute Gasteiger partial charge is 0.313 e. The molecule has 3 aliphatic heterocycles. The average Bonchev–Trinajstić information content (AvgIpc) is 3.40. The molecule has 8 nitrogen and oxygen atoms in total. The van der Waals surface area contributed by atoms with Crippen molar-refractivity contribution in [1.29, 1.82) is 0 Å². The maximum atomic E-state index is 14.4. The summed E-state index contributed by atoms with van der Waals surface area (Å²) < 4.78 is 12.0. The summed E-state index contributed by atoms with van der Waals surface area (Å²) in [5, 5.41) is 9.53. The third kappa shape index (κ3) is 3.87. The van der Waals surface area contributed by atoms with Gasteiger partial charge in [-0.3, -0.25) is 14.4 Å². The quantitative estimate of drug-likeness (QED) is 0.395. The van der Waals surface area contributed by atoms with E-state index in [1.54, 1.807) is 11.0 Å². The van der Waals surface area contributed by atoms with Gasteiger partial charge in [0.1, 0.15) is 24.2 Å². The molecule has 0 radical (unpaired) electrons. The summed E-state index contributed by atoms with van der Waals surface area (Å²) in [7, 11) is 0. The zero-order valence-corrected chi connectivity index (χ0v) is 21.4. The van der Waals surface area contributed by atoms with Crippen LogP contribution in [0.25, 0.3) is 0 Å². The molecule has 1 N–H and O–H groups in total. The van der Waals surface area contributed by atoms with Crippen LogP contribution in [-0.2, 0) is 23.9 Å². The molecule has 2 bridgehead atoms.